The fourth-order valence-corrected chi connectivity index (χ4v) is 3.74. The van der Waals surface area contributed by atoms with Gasteiger partial charge in [-0.2, -0.15) is 13.2 Å². The first kappa shape index (κ1) is 23.6. The number of hydrogen-bond donors (Lipinski definition) is 1. The monoisotopic (exact) mass is 468 g/mol. The normalized spacial score (nSPS) is 11.6. The topological polar surface area (TPSA) is 86.9 Å². The zero-order valence-electron chi connectivity index (χ0n) is 17.8. The molecule has 8 nitrogen and oxygen atoms in total. The molecule has 32 heavy (non-hydrogen) atoms. The van der Waals surface area contributed by atoms with Crippen LogP contribution in [-0.2, 0) is 24.1 Å². The van der Waals surface area contributed by atoms with Crippen molar-refractivity contribution in [2.45, 2.75) is 45.2 Å². The molecule has 0 saturated carbocycles. The molecular weight excluding hydrogens is 445 g/mol. The van der Waals surface area contributed by atoms with E-state index in [1.165, 1.54) is 12.1 Å². The van der Waals surface area contributed by atoms with Crippen LogP contribution in [0.1, 0.15) is 26.3 Å². The molecule has 12 heteroatoms. The van der Waals surface area contributed by atoms with Crippen molar-refractivity contribution in [3.8, 4) is 17.3 Å². The fraction of sp³-hybridized carbons (Fsp3) is 0.400. The molecule has 3 aromatic rings. The molecule has 0 aliphatic heterocycles. The molecule has 1 amide bonds. The summed E-state index contributed by atoms with van der Waals surface area (Å²) in [7, 11) is 0. The van der Waals surface area contributed by atoms with Gasteiger partial charge in [0.25, 0.3) is 0 Å². The zero-order valence-corrected chi connectivity index (χ0v) is 18.6. The first-order valence-electron chi connectivity index (χ1n) is 10.0. The van der Waals surface area contributed by atoms with Gasteiger partial charge in [0.15, 0.2) is 11.0 Å². The van der Waals surface area contributed by atoms with E-state index >= 15 is 0 Å². The lowest BCUT2D eigenvalue weighted by atomic mass is 10.2. The zero-order chi connectivity index (χ0) is 23.3. The van der Waals surface area contributed by atoms with Crippen LogP contribution in [0.25, 0.3) is 11.4 Å². The summed E-state index contributed by atoms with van der Waals surface area (Å²) in [4.78, 5) is 12.3. The van der Waals surface area contributed by atoms with Crippen LogP contribution in [-0.4, -0.2) is 42.8 Å². The predicted molar refractivity (Wildman–Crippen MR) is 115 cm³/mol. The molecule has 0 aliphatic carbocycles. The Labute approximate surface area is 187 Å². The van der Waals surface area contributed by atoms with Gasteiger partial charge in [-0.3, -0.25) is 9.48 Å². The van der Waals surface area contributed by atoms with Gasteiger partial charge in [0.05, 0.1) is 17.9 Å². The van der Waals surface area contributed by atoms with Crippen molar-refractivity contribution in [2.24, 2.45) is 0 Å². The third-order valence-corrected chi connectivity index (χ3v) is 5.38. The molecule has 0 saturated heterocycles. The SMILES string of the molecule is CCOc1nn(CC)cc1-c1nnc(SCC(=O)Nc2cccc(C(F)(F)F)c2)n1CC. The molecule has 0 fully saturated rings. The number of halogens is 3. The number of nitrogens with one attached hydrogen (secondary N) is 1. The number of rotatable bonds is 9. The number of carbonyl (C=O) groups excluding carboxylic acids is 1. The Morgan fingerprint density at radius 1 is 1.19 bits per heavy atom. The van der Waals surface area contributed by atoms with Gasteiger partial charge in [-0.1, -0.05) is 17.8 Å². The molecule has 1 N–H and O–H groups in total. The fourth-order valence-electron chi connectivity index (χ4n) is 2.94. The summed E-state index contributed by atoms with van der Waals surface area (Å²) >= 11 is 1.14. The van der Waals surface area contributed by atoms with E-state index in [0.717, 1.165) is 23.9 Å². The minimum absolute atomic E-state index is 0.0408. The largest absolute Gasteiger partial charge is 0.476 e. The molecule has 2 heterocycles. The lowest BCUT2D eigenvalue weighted by molar-refractivity contribution is -0.137. The van der Waals surface area contributed by atoms with E-state index in [1.807, 2.05) is 31.5 Å². The Bertz CT molecular complexity index is 1080. The summed E-state index contributed by atoms with van der Waals surface area (Å²) in [6, 6.07) is 4.51. The van der Waals surface area contributed by atoms with Gasteiger partial charge in [0.2, 0.25) is 11.8 Å². The van der Waals surface area contributed by atoms with Crippen molar-refractivity contribution in [3.05, 3.63) is 36.0 Å². The third kappa shape index (κ3) is 5.42. The lowest BCUT2D eigenvalue weighted by Crippen LogP contribution is -2.15. The van der Waals surface area contributed by atoms with Crippen LogP contribution in [0.4, 0.5) is 18.9 Å². The van der Waals surface area contributed by atoms with Gasteiger partial charge in [-0.15, -0.1) is 15.3 Å². The smallest absolute Gasteiger partial charge is 0.416 e. The first-order chi connectivity index (χ1) is 15.3. The summed E-state index contributed by atoms with van der Waals surface area (Å²) in [5, 5.41) is 15.8. The third-order valence-electron chi connectivity index (χ3n) is 4.41. The summed E-state index contributed by atoms with van der Waals surface area (Å²) in [6.45, 7) is 7.40. The molecular formula is C20H23F3N6O2S. The number of aryl methyl sites for hydroxylation is 1. The second kappa shape index (κ2) is 10.1. The van der Waals surface area contributed by atoms with Gasteiger partial charge in [-0.25, -0.2) is 0 Å². The van der Waals surface area contributed by atoms with E-state index in [-0.39, 0.29) is 11.4 Å². The maximum atomic E-state index is 12.9. The maximum absolute atomic E-state index is 12.9. The number of benzene rings is 1. The minimum Gasteiger partial charge on any atom is -0.476 e. The summed E-state index contributed by atoms with van der Waals surface area (Å²) in [6.07, 6.45) is -2.65. The molecule has 0 spiro atoms. The van der Waals surface area contributed by atoms with Crippen LogP contribution in [0.2, 0.25) is 0 Å². The van der Waals surface area contributed by atoms with Crippen LogP contribution < -0.4 is 10.1 Å². The Morgan fingerprint density at radius 2 is 1.97 bits per heavy atom. The van der Waals surface area contributed by atoms with Gasteiger partial charge in [-0.05, 0) is 39.0 Å². The Hall–Kier alpha value is -3.02. The standard InChI is InChI=1S/C20H23F3N6O2S/c1-4-28-11-15(18(27-28)31-6-3)17-25-26-19(29(17)5-2)32-12-16(30)24-14-9-7-8-13(10-14)20(21,22)23/h7-11H,4-6,12H2,1-3H3,(H,24,30). The van der Waals surface area contributed by atoms with E-state index < -0.39 is 17.6 Å². The number of amides is 1. The van der Waals surface area contributed by atoms with Crippen molar-refractivity contribution in [1.29, 1.82) is 0 Å². The number of alkyl halides is 3. The molecule has 0 aliphatic rings. The van der Waals surface area contributed by atoms with Crippen molar-refractivity contribution >= 4 is 23.4 Å². The molecule has 172 valence electrons. The van der Waals surface area contributed by atoms with Crippen molar-refractivity contribution < 1.29 is 22.7 Å². The molecule has 0 bridgehead atoms. The number of nitrogens with zero attached hydrogens (tertiary/aromatic N) is 5. The van der Waals surface area contributed by atoms with E-state index in [4.69, 9.17) is 4.74 Å². The molecule has 0 atom stereocenters. The molecule has 0 radical (unpaired) electrons. The molecule has 2 aromatic heterocycles. The van der Waals surface area contributed by atoms with Crippen molar-refractivity contribution in [2.75, 3.05) is 17.7 Å². The highest BCUT2D eigenvalue weighted by atomic mass is 32.2. The van der Waals surface area contributed by atoms with E-state index in [0.29, 0.717) is 42.1 Å². The predicted octanol–water partition coefficient (Wildman–Crippen LogP) is 4.33. The lowest BCUT2D eigenvalue weighted by Gasteiger charge is -2.10. The number of hydrogen-bond acceptors (Lipinski definition) is 6. The summed E-state index contributed by atoms with van der Waals surface area (Å²) < 4.78 is 47.7. The average molecular weight is 469 g/mol. The number of thioether (sulfide) groups is 1. The molecule has 1 aromatic carbocycles. The minimum atomic E-state index is -4.48. The van der Waals surface area contributed by atoms with Crippen molar-refractivity contribution in [3.63, 3.8) is 0 Å². The van der Waals surface area contributed by atoms with Crippen LogP contribution in [0.5, 0.6) is 5.88 Å². The van der Waals surface area contributed by atoms with Crippen LogP contribution >= 0.6 is 11.8 Å². The van der Waals surface area contributed by atoms with Crippen LogP contribution in [0, 0.1) is 0 Å². The van der Waals surface area contributed by atoms with Gasteiger partial charge < -0.3 is 14.6 Å². The summed E-state index contributed by atoms with van der Waals surface area (Å²) in [5.41, 5.74) is -0.0456. The van der Waals surface area contributed by atoms with Crippen LogP contribution in [0.15, 0.2) is 35.6 Å². The van der Waals surface area contributed by atoms with Gasteiger partial charge in [0, 0.05) is 25.0 Å². The first-order valence-corrected chi connectivity index (χ1v) is 11.0. The Balaban J connectivity index is 1.72. The number of aromatic nitrogens is 5. The van der Waals surface area contributed by atoms with Crippen molar-refractivity contribution in [1.82, 2.24) is 24.5 Å². The highest BCUT2D eigenvalue weighted by molar-refractivity contribution is 7.99. The van der Waals surface area contributed by atoms with Gasteiger partial charge >= 0.3 is 6.18 Å². The Kier molecular flexibility index (Phi) is 7.44. The van der Waals surface area contributed by atoms with E-state index in [2.05, 4.69) is 20.6 Å². The highest BCUT2D eigenvalue weighted by Crippen LogP contribution is 2.32. The van der Waals surface area contributed by atoms with E-state index in [9.17, 15) is 18.0 Å². The van der Waals surface area contributed by atoms with E-state index in [1.54, 1.807) is 4.68 Å². The molecule has 3 rings (SSSR count). The average Bonchev–Trinajstić information content (AvgIpc) is 3.35. The maximum Gasteiger partial charge on any atom is 0.416 e. The summed E-state index contributed by atoms with van der Waals surface area (Å²) in [5.74, 6) is 0.531. The number of anilines is 1. The van der Waals surface area contributed by atoms with Crippen LogP contribution in [0.3, 0.4) is 0 Å². The molecule has 0 unspecified atom stereocenters. The highest BCUT2D eigenvalue weighted by Gasteiger charge is 2.30. The second-order valence-corrected chi connectivity index (χ2v) is 7.54. The van der Waals surface area contributed by atoms with Gasteiger partial charge in [0.1, 0.15) is 5.56 Å². The second-order valence-electron chi connectivity index (χ2n) is 6.60. The quantitative estimate of drug-likeness (QED) is 0.471. The number of ether oxygens (including phenoxy) is 1. The Morgan fingerprint density at radius 3 is 2.62 bits per heavy atom. The number of carbonyl (C=O) groups is 1.